The Morgan fingerprint density at radius 1 is 1.05 bits per heavy atom. The zero-order chi connectivity index (χ0) is 14.4. The van der Waals surface area contributed by atoms with Crippen LogP contribution < -0.4 is 4.57 Å². The van der Waals surface area contributed by atoms with Crippen LogP contribution in [0.4, 0.5) is 0 Å². The van der Waals surface area contributed by atoms with Crippen LogP contribution in [0.2, 0.25) is 0 Å². The van der Waals surface area contributed by atoms with Crippen LogP contribution in [-0.2, 0) is 12.8 Å². The van der Waals surface area contributed by atoms with Gasteiger partial charge in [-0.15, -0.1) is 4.57 Å². The van der Waals surface area contributed by atoms with E-state index in [9.17, 15) is 4.79 Å². The van der Waals surface area contributed by atoms with Gasteiger partial charge in [-0.1, -0.05) is 43.3 Å². The van der Waals surface area contributed by atoms with E-state index in [1.807, 2.05) is 22.8 Å². The molecule has 2 heteroatoms. The highest BCUT2D eigenvalue weighted by molar-refractivity contribution is 5.90. The zero-order valence-corrected chi connectivity index (χ0v) is 12.0. The number of fused-ring (bicyclic) bond motifs is 4. The summed E-state index contributed by atoms with van der Waals surface area (Å²) in [4.78, 5) is 12.6. The van der Waals surface area contributed by atoms with Crippen molar-refractivity contribution in [1.29, 1.82) is 0 Å². The Labute approximate surface area is 123 Å². The van der Waals surface area contributed by atoms with Gasteiger partial charge in [0.25, 0.3) is 0 Å². The second-order valence-corrected chi connectivity index (χ2v) is 5.48. The summed E-state index contributed by atoms with van der Waals surface area (Å²) in [7, 11) is 0. The molecule has 2 aromatic carbocycles. The molecule has 0 saturated carbocycles. The second-order valence-electron chi connectivity index (χ2n) is 5.48. The first-order valence-corrected chi connectivity index (χ1v) is 7.37. The molecule has 1 aliphatic heterocycles. The van der Waals surface area contributed by atoms with Crippen molar-refractivity contribution >= 4 is 16.7 Å². The van der Waals surface area contributed by atoms with Crippen molar-refractivity contribution in [2.24, 2.45) is 0 Å². The van der Waals surface area contributed by atoms with Gasteiger partial charge in [-0.2, -0.15) is 0 Å². The number of pyridine rings is 1. The van der Waals surface area contributed by atoms with Gasteiger partial charge in [0.2, 0.25) is 5.69 Å². The number of nitrogens with zero attached hydrogens (tertiary/aromatic N) is 1. The third-order valence-electron chi connectivity index (χ3n) is 4.29. The normalized spacial score (nSPS) is 13.1. The van der Waals surface area contributed by atoms with Gasteiger partial charge >= 0.3 is 5.91 Å². The van der Waals surface area contributed by atoms with E-state index in [4.69, 9.17) is 0 Å². The number of hydrogen-bond donors (Lipinski definition) is 0. The summed E-state index contributed by atoms with van der Waals surface area (Å²) in [5.41, 5.74) is 4.44. The Hall–Kier alpha value is -2.48. The van der Waals surface area contributed by atoms with Gasteiger partial charge < -0.3 is 0 Å². The third-order valence-corrected chi connectivity index (χ3v) is 4.29. The Morgan fingerprint density at radius 3 is 2.67 bits per heavy atom. The van der Waals surface area contributed by atoms with Crippen LogP contribution in [0.25, 0.3) is 22.0 Å². The zero-order valence-electron chi connectivity index (χ0n) is 12.0. The summed E-state index contributed by atoms with van der Waals surface area (Å²) in [5, 5.41) is 2.38. The van der Waals surface area contributed by atoms with E-state index < -0.39 is 0 Å². The van der Waals surface area contributed by atoms with Crippen LogP contribution in [-0.4, -0.2) is 5.91 Å². The van der Waals surface area contributed by atoms with Crippen LogP contribution in [0.3, 0.4) is 0 Å². The van der Waals surface area contributed by atoms with E-state index in [-0.39, 0.29) is 5.91 Å². The smallest absolute Gasteiger partial charge is 0.219 e. The number of aryl methyl sites for hydroxylation is 1. The van der Waals surface area contributed by atoms with Gasteiger partial charge in [0.15, 0.2) is 5.69 Å². The predicted octanol–water partition coefficient (Wildman–Crippen LogP) is 3.55. The molecular weight excluding hydrogens is 258 g/mol. The van der Waals surface area contributed by atoms with E-state index in [1.54, 1.807) is 0 Å². The largest absolute Gasteiger partial charge is 0.397 e. The SMILES string of the molecule is CCc1c2ccccc2cc2[n+]1C(=O)Cc1ccccc1-2. The molecule has 0 bridgehead atoms. The maximum atomic E-state index is 12.6. The number of aromatic nitrogens is 1. The summed E-state index contributed by atoms with van der Waals surface area (Å²) < 4.78 is 1.92. The molecule has 3 aromatic rings. The number of carbonyl (C=O) groups is 1. The predicted molar refractivity (Wildman–Crippen MR) is 83.3 cm³/mol. The van der Waals surface area contributed by atoms with E-state index in [1.165, 1.54) is 16.3 Å². The lowest BCUT2D eigenvalue weighted by Gasteiger charge is -2.16. The average Bonchev–Trinajstić information content (AvgIpc) is 2.53. The molecule has 4 rings (SSSR count). The van der Waals surface area contributed by atoms with Crippen molar-refractivity contribution in [1.82, 2.24) is 0 Å². The molecule has 0 aliphatic carbocycles. The topological polar surface area (TPSA) is 20.9 Å². The fourth-order valence-corrected chi connectivity index (χ4v) is 3.36. The Balaban J connectivity index is 2.17. The monoisotopic (exact) mass is 274 g/mol. The van der Waals surface area contributed by atoms with Crippen molar-refractivity contribution in [3.63, 3.8) is 0 Å². The molecule has 0 unspecified atom stereocenters. The van der Waals surface area contributed by atoms with E-state index in [0.717, 1.165) is 23.4 Å². The molecule has 0 amide bonds. The number of benzene rings is 2. The molecule has 0 N–H and O–H groups in total. The van der Waals surface area contributed by atoms with Gasteiger partial charge in [0.05, 0.1) is 5.56 Å². The lowest BCUT2D eigenvalue weighted by Crippen LogP contribution is -2.51. The minimum absolute atomic E-state index is 0.173. The van der Waals surface area contributed by atoms with Crippen LogP contribution in [0.5, 0.6) is 0 Å². The molecule has 21 heavy (non-hydrogen) atoms. The van der Waals surface area contributed by atoms with Gasteiger partial charge in [-0.3, -0.25) is 0 Å². The van der Waals surface area contributed by atoms with Crippen LogP contribution >= 0.6 is 0 Å². The first-order valence-electron chi connectivity index (χ1n) is 7.37. The number of hydrogen-bond acceptors (Lipinski definition) is 1. The molecule has 1 aliphatic rings. The summed E-state index contributed by atoms with van der Waals surface area (Å²) in [6.45, 7) is 2.11. The fraction of sp³-hybridized carbons (Fsp3) is 0.158. The van der Waals surface area contributed by atoms with Crippen molar-refractivity contribution in [2.75, 3.05) is 0 Å². The van der Waals surface area contributed by atoms with Crippen molar-refractivity contribution in [3.05, 3.63) is 65.9 Å². The quantitative estimate of drug-likeness (QED) is 0.622. The number of carbonyl (C=O) groups excluding carboxylic acids is 1. The molecule has 0 atom stereocenters. The summed E-state index contributed by atoms with van der Waals surface area (Å²) in [6, 6.07) is 18.7. The maximum Gasteiger partial charge on any atom is 0.397 e. The van der Waals surface area contributed by atoms with Crippen molar-refractivity contribution < 1.29 is 9.36 Å². The standard InChI is InChI=1S/C19H16NO/c1-2-17-15-9-5-3-7-13(15)11-18-16-10-6-4-8-14(16)12-19(21)20(17)18/h3-11H,2,12H2,1H3/q+1. The molecule has 102 valence electrons. The third kappa shape index (κ3) is 1.72. The molecule has 2 heterocycles. The molecule has 0 radical (unpaired) electrons. The highest BCUT2D eigenvalue weighted by Crippen LogP contribution is 2.29. The first kappa shape index (κ1) is 12.3. The van der Waals surface area contributed by atoms with E-state index in [0.29, 0.717) is 6.42 Å². The summed E-state index contributed by atoms with van der Waals surface area (Å²) in [5.74, 6) is 0.173. The molecule has 2 nitrogen and oxygen atoms in total. The minimum atomic E-state index is 0.173. The van der Waals surface area contributed by atoms with Crippen molar-refractivity contribution in [2.45, 2.75) is 19.8 Å². The van der Waals surface area contributed by atoms with Crippen molar-refractivity contribution in [3.8, 4) is 11.3 Å². The Morgan fingerprint density at radius 2 is 1.81 bits per heavy atom. The molecule has 0 spiro atoms. The summed E-state index contributed by atoms with van der Waals surface area (Å²) in [6.07, 6.45) is 1.33. The highest BCUT2D eigenvalue weighted by atomic mass is 16.2. The minimum Gasteiger partial charge on any atom is -0.219 e. The lowest BCUT2D eigenvalue weighted by molar-refractivity contribution is -0.570. The molecule has 0 saturated heterocycles. The van der Waals surface area contributed by atoms with E-state index in [2.05, 4.69) is 43.3 Å². The summed E-state index contributed by atoms with van der Waals surface area (Å²) >= 11 is 0. The van der Waals surface area contributed by atoms with Gasteiger partial charge in [-0.05, 0) is 23.1 Å². The average molecular weight is 274 g/mol. The Kier molecular flexibility index (Phi) is 2.64. The Bertz CT molecular complexity index is 880. The second kappa shape index (κ2) is 4.52. The van der Waals surface area contributed by atoms with Gasteiger partial charge in [-0.25, -0.2) is 4.79 Å². The fourth-order valence-electron chi connectivity index (χ4n) is 3.36. The number of rotatable bonds is 1. The van der Waals surface area contributed by atoms with Crippen LogP contribution in [0.15, 0.2) is 54.6 Å². The first-order chi connectivity index (χ1) is 10.3. The molecular formula is C19H16NO+. The van der Waals surface area contributed by atoms with E-state index >= 15 is 0 Å². The van der Waals surface area contributed by atoms with Gasteiger partial charge in [0.1, 0.15) is 6.42 Å². The molecule has 1 aromatic heterocycles. The van der Waals surface area contributed by atoms with Crippen LogP contribution in [0, 0.1) is 0 Å². The maximum absolute atomic E-state index is 12.6. The lowest BCUT2D eigenvalue weighted by atomic mass is 9.94. The molecule has 0 fully saturated rings. The highest BCUT2D eigenvalue weighted by Gasteiger charge is 2.33. The van der Waals surface area contributed by atoms with Gasteiger partial charge in [0, 0.05) is 17.9 Å². The van der Waals surface area contributed by atoms with Crippen LogP contribution in [0.1, 0.15) is 23.0 Å².